The van der Waals surface area contributed by atoms with E-state index in [1.165, 1.54) is 6.07 Å². The molecule has 0 spiro atoms. The third kappa shape index (κ3) is 5.40. The first kappa shape index (κ1) is 16.8. The quantitative estimate of drug-likeness (QED) is 0.487. The van der Waals surface area contributed by atoms with Crippen LogP contribution in [-0.2, 0) is 4.74 Å². The number of hydrogen-bond acceptors (Lipinski definition) is 4. The number of anilines is 1. The molecule has 0 amide bonds. The number of alkyl halides is 3. The van der Waals surface area contributed by atoms with Gasteiger partial charge >= 0.3 is 6.18 Å². The molecular formula is C10H9Cl2F3N2O3. The second-order valence-corrected chi connectivity index (χ2v) is 4.45. The maximum Gasteiger partial charge on any atom is 0.411 e. The zero-order chi connectivity index (χ0) is 15.3. The molecular weight excluding hydrogens is 324 g/mol. The van der Waals surface area contributed by atoms with Crippen LogP contribution in [-0.4, -0.2) is 30.9 Å². The molecule has 0 unspecified atom stereocenters. The topological polar surface area (TPSA) is 64.4 Å². The normalized spacial score (nSPS) is 11.4. The number of halogens is 5. The summed E-state index contributed by atoms with van der Waals surface area (Å²) in [6.07, 6.45) is -4.41. The maximum atomic E-state index is 11.8. The first-order chi connectivity index (χ1) is 9.20. The van der Waals surface area contributed by atoms with Gasteiger partial charge in [0, 0.05) is 12.6 Å². The maximum absolute atomic E-state index is 11.8. The Hall–Kier alpha value is -1.25. The summed E-state index contributed by atoms with van der Waals surface area (Å²) in [5, 5.41) is 13.5. The lowest BCUT2D eigenvalue weighted by Gasteiger charge is -2.10. The highest BCUT2D eigenvalue weighted by molar-refractivity contribution is 6.42. The molecule has 0 bridgehead atoms. The van der Waals surface area contributed by atoms with Gasteiger partial charge in [-0.1, -0.05) is 23.2 Å². The monoisotopic (exact) mass is 332 g/mol. The molecule has 1 N–H and O–H groups in total. The molecule has 1 aromatic rings. The van der Waals surface area contributed by atoms with Crippen molar-refractivity contribution >= 4 is 34.6 Å². The molecule has 0 aliphatic heterocycles. The summed E-state index contributed by atoms with van der Waals surface area (Å²) < 4.78 is 39.8. The van der Waals surface area contributed by atoms with Gasteiger partial charge in [-0.05, 0) is 6.07 Å². The molecule has 0 saturated heterocycles. The van der Waals surface area contributed by atoms with E-state index < -0.39 is 17.7 Å². The number of nitro groups is 1. The number of benzene rings is 1. The van der Waals surface area contributed by atoms with E-state index in [1.807, 2.05) is 0 Å². The van der Waals surface area contributed by atoms with Gasteiger partial charge in [-0.2, -0.15) is 13.2 Å². The Labute approximate surface area is 121 Å². The average molecular weight is 333 g/mol. The molecule has 0 radical (unpaired) electrons. The average Bonchev–Trinajstić information content (AvgIpc) is 2.31. The van der Waals surface area contributed by atoms with Crippen LogP contribution in [0.4, 0.5) is 24.5 Å². The Balaban J connectivity index is 2.59. The number of nitrogens with one attached hydrogen (secondary N) is 1. The molecule has 0 aliphatic rings. The summed E-state index contributed by atoms with van der Waals surface area (Å²) in [6, 6.07) is 2.29. The van der Waals surface area contributed by atoms with E-state index in [2.05, 4.69) is 10.1 Å². The molecule has 1 aromatic carbocycles. The fourth-order valence-electron chi connectivity index (χ4n) is 1.27. The SMILES string of the molecule is O=[N+]([O-])c1cc(Cl)c(Cl)cc1NCCOCC(F)(F)F. The second kappa shape index (κ2) is 6.96. The fraction of sp³-hybridized carbons (Fsp3) is 0.400. The van der Waals surface area contributed by atoms with Crippen molar-refractivity contribution in [2.75, 3.05) is 25.1 Å². The van der Waals surface area contributed by atoms with Gasteiger partial charge in [0.25, 0.3) is 5.69 Å². The van der Waals surface area contributed by atoms with Crippen molar-refractivity contribution in [1.82, 2.24) is 0 Å². The molecule has 5 nitrogen and oxygen atoms in total. The lowest BCUT2D eigenvalue weighted by Crippen LogP contribution is -2.20. The van der Waals surface area contributed by atoms with E-state index in [9.17, 15) is 23.3 Å². The highest BCUT2D eigenvalue weighted by Crippen LogP contribution is 2.33. The summed E-state index contributed by atoms with van der Waals surface area (Å²) in [5.41, 5.74) is -0.268. The highest BCUT2D eigenvalue weighted by Gasteiger charge is 2.27. The van der Waals surface area contributed by atoms with Crippen LogP contribution < -0.4 is 5.32 Å². The molecule has 0 atom stereocenters. The van der Waals surface area contributed by atoms with Crippen LogP contribution in [0.5, 0.6) is 0 Å². The number of ether oxygens (including phenoxy) is 1. The van der Waals surface area contributed by atoms with E-state index in [1.54, 1.807) is 0 Å². The van der Waals surface area contributed by atoms with Gasteiger partial charge < -0.3 is 10.1 Å². The molecule has 20 heavy (non-hydrogen) atoms. The summed E-state index contributed by atoms with van der Waals surface area (Å²) >= 11 is 11.4. The predicted octanol–water partition coefficient (Wildman–Crippen LogP) is 3.89. The van der Waals surface area contributed by atoms with E-state index in [4.69, 9.17) is 23.2 Å². The van der Waals surface area contributed by atoms with E-state index in [0.29, 0.717) is 0 Å². The molecule has 1 rings (SSSR count). The van der Waals surface area contributed by atoms with Gasteiger partial charge in [0.2, 0.25) is 0 Å². The van der Waals surface area contributed by atoms with Crippen molar-refractivity contribution in [3.05, 3.63) is 32.3 Å². The number of rotatable bonds is 6. The van der Waals surface area contributed by atoms with Crippen molar-refractivity contribution in [2.45, 2.75) is 6.18 Å². The lowest BCUT2D eigenvalue weighted by molar-refractivity contribution is -0.383. The number of nitrogens with zero attached hydrogens (tertiary/aromatic N) is 1. The molecule has 0 heterocycles. The molecule has 0 aliphatic carbocycles. The molecule has 0 saturated carbocycles. The summed E-state index contributed by atoms with van der Waals surface area (Å²) in [4.78, 5) is 10.1. The van der Waals surface area contributed by atoms with Crippen molar-refractivity contribution in [3.8, 4) is 0 Å². The Morgan fingerprint density at radius 2 is 1.90 bits per heavy atom. The van der Waals surface area contributed by atoms with Crippen molar-refractivity contribution in [2.24, 2.45) is 0 Å². The van der Waals surface area contributed by atoms with E-state index in [0.717, 1.165) is 6.07 Å². The minimum absolute atomic E-state index is 0.0113. The van der Waals surface area contributed by atoms with Crippen LogP contribution in [0.3, 0.4) is 0 Å². The minimum Gasteiger partial charge on any atom is -0.377 e. The van der Waals surface area contributed by atoms with Crippen LogP contribution in [0.15, 0.2) is 12.1 Å². The summed E-state index contributed by atoms with van der Waals surface area (Å²) in [6.45, 7) is -1.69. The standard InChI is InChI=1S/C10H9Cl2F3N2O3/c11-6-3-8(9(17(18)19)4-7(6)12)16-1-2-20-5-10(13,14)15/h3-4,16H,1-2,5H2. The van der Waals surface area contributed by atoms with Crippen molar-refractivity contribution in [1.29, 1.82) is 0 Å². The molecule has 112 valence electrons. The highest BCUT2D eigenvalue weighted by atomic mass is 35.5. The Bertz CT molecular complexity index is 497. The fourth-order valence-corrected chi connectivity index (χ4v) is 1.60. The van der Waals surface area contributed by atoms with Gasteiger partial charge in [0.05, 0.1) is 21.6 Å². The zero-order valence-corrected chi connectivity index (χ0v) is 11.3. The smallest absolute Gasteiger partial charge is 0.377 e. The molecule has 0 fully saturated rings. The third-order valence-corrected chi connectivity index (χ3v) is 2.79. The summed E-state index contributed by atoms with van der Waals surface area (Å²) in [5.74, 6) is 0. The molecule has 0 aromatic heterocycles. The minimum atomic E-state index is -4.41. The first-order valence-electron chi connectivity index (χ1n) is 5.22. The van der Waals surface area contributed by atoms with Gasteiger partial charge in [0.15, 0.2) is 0 Å². The van der Waals surface area contributed by atoms with Crippen LogP contribution in [0, 0.1) is 10.1 Å². The Morgan fingerprint density at radius 1 is 1.30 bits per heavy atom. The van der Waals surface area contributed by atoms with E-state index in [-0.39, 0.29) is 34.6 Å². The van der Waals surface area contributed by atoms with Gasteiger partial charge in [0.1, 0.15) is 12.3 Å². The van der Waals surface area contributed by atoms with Crippen molar-refractivity contribution < 1.29 is 22.8 Å². The van der Waals surface area contributed by atoms with Crippen LogP contribution in [0.25, 0.3) is 0 Å². The lowest BCUT2D eigenvalue weighted by atomic mass is 10.2. The summed E-state index contributed by atoms with van der Waals surface area (Å²) in [7, 11) is 0. The van der Waals surface area contributed by atoms with Crippen LogP contribution >= 0.6 is 23.2 Å². The molecule has 10 heteroatoms. The van der Waals surface area contributed by atoms with Crippen LogP contribution in [0.2, 0.25) is 10.0 Å². The predicted molar refractivity (Wildman–Crippen MR) is 68.5 cm³/mol. The largest absolute Gasteiger partial charge is 0.411 e. The number of nitro benzene ring substituents is 1. The second-order valence-electron chi connectivity index (χ2n) is 3.64. The Morgan fingerprint density at radius 3 is 2.45 bits per heavy atom. The number of hydrogen-bond donors (Lipinski definition) is 1. The van der Waals surface area contributed by atoms with Gasteiger partial charge in [-0.25, -0.2) is 0 Å². The third-order valence-electron chi connectivity index (χ3n) is 2.06. The Kier molecular flexibility index (Phi) is 5.85. The first-order valence-corrected chi connectivity index (χ1v) is 5.98. The van der Waals surface area contributed by atoms with Gasteiger partial charge in [-0.3, -0.25) is 10.1 Å². The van der Waals surface area contributed by atoms with E-state index >= 15 is 0 Å². The zero-order valence-electron chi connectivity index (χ0n) is 9.84. The van der Waals surface area contributed by atoms with Crippen LogP contribution in [0.1, 0.15) is 0 Å². The van der Waals surface area contributed by atoms with Crippen molar-refractivity contribution in [3.63, 3.8) is 0 Å². The van der Waals surface area contributed by atoms with Gasteiger partial charge in [-0.15, -0.1) is 0 Å².